The zero-order chi connectivity index (χ0) is 14.0. The van der Waals surface area contributed by atoms with Crippen LogP contribution < -0.4 is 11.1 Å². The van der Waals surface area contributed by atoms with Crippen LogP contribution in [0.4, 0.5) is 10.1 Å². The molecule has 3 N–H and O–H groups in total. The molecule has 0 heterocycles. The third kappa shape index (κ3) is 3.46. The second-order valence-electron chi connectivity index (χ2n) is 5.82. The van der Waals surface area contributed by atoms with Crippen LogP contribution in [0.2, 0.25) is 0 Å². The van der Waals surface area contributed by atoms with Gasteiger partial charge in [0.2, 0.25) is 0 Å². The number of carbonyl (C=O) groups excluding carboxylic acids is 1. The van der Waals surface area contributed by atoms with Gasteiger partial charge in [0, 0.05) is 11.6 Å². The lowest BCUT2D eigenvalue weighted by Gasteiger charge is -2.32. The molecule has 104 valence electrons. The maximum absolute atomic E-state index is 13.1. The molecule has 0 aromatic heterocycles. The Hall–Kier alpha value is -1.58. The number of halogens is 1. The minimum Gasteiger partial charge on any atom is -0.396 e. The van der Waals surface area contributed by atoms with E-state index < -0.39 is 5.82 Å². The molecule has 0 aliphatic heterocycles. The first kappa shape index (κ1) is 13.8. The van der Waals surface area contributed by atoms with Crippen LogP contribution in [0.1, 0.15) is 43.5 Å². The monoisotopic (exact) mass is 264 g/mol. The summed E-state index contributed by atoms with van der Waals surface area (Å²) in [5, 5.41) is 3.03. The number of nitrogens with one attached hydrogen (secondary N) is 1. The van der Waals surface area contributed by atoms with Crippen molar-refractivity contribution in [3.63, 3.8) is 0 Å². The molecular weight excluding hydrogens is 243 g/mol. The zero-order valence-electron chi connectivity index (χ0n) is 11.4. The molecule has 1 aliphatic rings. The van der Waals surface area contributed by atoms with Crippen molar-refractivity contribution in [2.75, 3.05) is 5.73 Å². The average Bonchev–Trinajstić information content (AvgIpc) is 2.31. The van der Waals surface area contributed by atoms with Gasteiger partial charge in [0.15, 0.2) is 0 Å². The first-order chi connectivity index (χ1) is 8.95. The number of carbonyl (C=O) groups is 1. The third-order valence-electron chi connectivity index (χ3n) is 3.77. The molecule has 1 fully saturated rings. The van der Waals surface area contributed by atoms with Gasteiger partial charge in [-0.25, -0.2) is 4.39 Å². The number of rotatable bonds is 2. The number of nitrogens with two attached hydrogens (primary N) is 1. The van der Waals surface area contributed by atoms with Crippen molar-refractivity contribution in [1.29, 1.82) is 0 Å². The van der Waals surface area contributed by atoms with E-state index in [1.165, 1.54) is 24.6 Å². The summed E-state index contributed by atoms with van der Waals surface area (Å²) in [5.41, 5.74) is 5.91. The second-order valence-corrected chi connectivity index (χ2v) is 5.82. The van der Waals surface area contributed by atoms with Crippen LogP contribution in [-0.2, 0) is 0 Å². The van der Waals surface area contributed by atoms with Gasteiger partial charge in [-0.05, 0) is 49.3 Å². The van der Waals surface area contributed by atoms with Crippen LogP contribution >= 0.6 is 0 Å². The Morgan fingerprint density at radius 2 is 1.89 bits per heavy atom. The van der Waals surface area contributed by atoms with Gasteiger partial charge >= 0.3 is 0 Å². The topological polar surface area (TPSA) is 55.1 Å². The highest BCUT2D eigenvalue weighted by Crippen LogP contribution is 2.28. The molecule has 19 heavy (non-hydrogen) atoms. The van der Waals surface area contributed by atoms with Gasteiger partial charge in [0.1, 0.15) is 5.82 Å². The maximum Gasteiger partial charge on any atom is 0.251 e. The van der Waals surface area contributed by atoms with Crippen LogP contribution in [0.3, 0.4) is 0 Å². The normalized spacial score (nSPS) is 27.0. The first-order valence-electron chi connectivity index (χ1n) is 6.81. The van der Waals surface area contributed by atoms with Crippen molar-refractivity contribution in [2.45, 2.75) is 39.2 Å². The lowest BCUT2D eigenvalue weighted by Crippen LogP contribution is -2.40. The van der Waals surface area contributed by atoms with Crippen LogP contribution in [0.15, 0.2) is 18.2 Å². The Balaban J connectivity index is 2.02. The Labute approximate surface area is 113 Å². The van der Waals surface area contributed by atoms with Crippen molar-refractivity contribution >= 4 is 11.6 Å². The van der Waals surface area contributed by atoms with Crippen molar-refractivity contribution in [2.24, 2.45) is 11.8 Å². The molecule has 0 spiro atoms. The summed E-state index contributed by atoms with van der Waals surface area (Å²) < 4.78 is 13.1. The van der Waals surface area contributed by atoms with Crippen LogP contribution in [0.25, 0.3) is 0 Å². The fraction of sp³-hybridized carbons (Fsp3) is 0.533. The highest BCUT2D eigenvalue weighted by atomic mass is 19.1. The van der Waals surface area contributed by atoms with Gasteiger partial charge in [-0.3, -0.25) is 4.79 Å². The lowest BCUT2D eigenvalue weighted by atomic mass is 9.80. The summed E-state index contributed by atoms with van der Waals surface area (Å²) >= 11 is 0. The fourth-order valence-corrected chi connectivity index (χ4v) is 3.02. The summed E-state index contributed by atoms with van der Waals surface area (Å²) in [4.78, 5) is 12.1. The molecular formula is C15H21FN2O. The molecule has 2 unspecified atom stereocenters. The molecule has 1 saturated carbocycles. The van der Waals surface area contributed by atoms with Gasteiger partial charge in [0.05, 0.1) is 5.69 Å². The van der Waals surface area contributed by atoms with Gasteiger partial charge in [-0.15, -0.1) is 0 Å². The van der Waals surface area contributed by atoms with Gasteiger partial charge in [0.25, 0.3) is 5.91 Å². The Bertz CT molecular complexity index is 465. The molecule has 4 heteroatoms. The van der Waals surface area contributed by atoms with E-state index in [1.54, 1.807) is 0 Å². The molecule has 2 atom stereocenters. The SMILES string of the molecule is CC1CC(C)CC(NC(=O)c2ccc(F)c(N)c2)C1. The van der Waals surface area contributed by atoms with Crippen LogP contribution in [-0.4, -0.2) is 11.9 Å². The highest BCUT2D eigenvalue weighted by molar-refractivity contribution is 5.95. The lowest BCUT2D eigenvalue weighted by molar-refractivity contribution is 0.0911. The van der Waals surface area contributed by atoms with Crippen LogP contribution in [0.5, 0.6) is 0 Å². The molecule has 1 aromatic rings. The number of anilines is 1. The molecule has 0 radical (unpaired) electrons. The molecule has 1 amide bonds. The average molecular weight is 264 g/mol. The van der Waals surface area contributed by atoms with E-state index >= 15 is 0 Å². The number of hydrogen-bond donors (Lipinski definition) is 2. The molecule has 2 rings (SSSR count). The fourth-order valence-electron chi connectivity index (χ4n) is 3.02. The van der Waals surface area contributed by atoms with E-state index in [9.17, 15) is 9.18 Å². The minimum absolute atomic E-state index is 0.0121. The van der Waals surface area contributed by atoms with Crippen molar-refractivity contribution in [3.05, 3.63) is 29.6 Å². The second kappa shape index (κ2) is 5.59. The van der Waals surface area contributed by atoms with E-state index in [-0.39, 0.29) is 17.6 Å². The smallest absolute Gasteiger partial charge is 0.251 e. The summed E-state index contributed by atoms with van der Waals surface area (Å²) in [7, 11) is 0. The van der Waals surface area contributed by atoms with Crippen LogP contribution in [0, 0.1) is 17.7 Å². The van der Waals surface area contributed by atoms with E-state index in [0.29, 0.717) is 17.4 Å². The van der Waals surface area contributed by atoms with E-state index in [0.717, 1.165) is 12.8 Å². The summed E-state index contributed by atoms with van der Waals surface area (Å²) in [5.74, 6) is 0.606. The Morgan fingerprint density at radius 1 is 1.26 bits per heavy atom. The van der Waals surface area contributed by atoms with Gasteiger partial charge in [-0.1, -0.05) is 13.8 Å². The van der Waals surface area contributed by atoms with Gasteiger partial charge in [-0.2, -0.15) is 0 Å². The van der Waals surface area contributed by atoms with Crippen molar-refractivity contribution in [1.82, 2.24) is 5.32 Å². The van der Waals surface area contributed by atoms with E-state index in [2.05, 4.69) is 19.2 Å². The minimum atomic E-state index is -0.489. The number of benzene rings is 1. The Kier molecular flexibility index (Phi) is 4.08. The summed E-state index contributed by atoms with van der Waals surface area (Å²) in [6.07, 6.45) is 3.23. The quantitative estimate of drug-likeness (QED) is 0.807. The summed E-state index contributed by atoms with van der Waals surface area (Å²) in [6, 6.07) is 4.30. The number of hydrogen-bond acceptors (Lipinski definition) is 2. The first-order valence-corrected chi connectivity index (χ1v) is 6.81. The largest absolute Gasteiger partial charge is 0.396 e. The molecule has 1 aliphatic carbocycles. The molecule has 0 saturated heterocycles. The molecule has 0 bridgehead atoms. The zero-order valence-corrected chi connectivity index (χ0v) is 11.4. The molecule has 3 nitrogen and oxygen atoms in total. The highest BCUT2D eigenvalue weighted by Gasteiger charge is 2.25. The standard InChI is InChI=1S/C15H21FN2O/c1-9-5-10(2)7-12(6-9)18-15(19)11-3-4-13(16)14(17)8-11/h3-4,8-10,12H,5-7,17H2,1-2H3,(H,18,19). The maximum atomic E-state index is 13.1. The van der Waals surface area contributed by atoms with E-state index in [4.69, 9.17) is 5.73 Å². The predicted octanol–water partition coefficient (Wildman–Crippen LogP) is 2.96. The number of amides is 1. The van der Waals surface area contributed by atoms with Gasteiger partial charge < -0.3 is 11.1 Å². The third-order valence-corrected chi connectivity index (χ3v) is 3.77. The van der Waals surface area contributed by atoms with Crippen molar-refractivity contribution in [3.8, 4) is 0 Å². The van der Waals surface area contributed by atoms with Crippen molar-refractivity contribution < 1.29 is 9.18 Å². The Morgan fingerprint density at radius 3 is 2.47 bits per heavy atom. The molecule has 1 aromatic carbocycles. The summed E-state index contributed by atoms with van der Waals surface area (Å²) in [6.45, 7) is 4.43. The number of nitrogen functional groups attached to an aromatic ring is 1. The van der Waals surface area contributed by atoms with E-state index in [1.807, 2.05) is 0 Å². The predicted molar refractivity (Wildman–Crippen MR) is 74.2 cm³/mol.